The van der Waals surface area contributed by atoms with Crippen LogP contribution < -0.4 is 68.9 Å². The third-order valence-electron chi connectivity index (χ3n) is 5.29. The van der Waals surface area contributed by atoms with Crippen molar-refractivity contribution in [3.8, 4) is 0 Å². The van der Waals surface area contributed by atoms with E-state index in [4.69, 9.17) is 47.4 Å². The molecular formula is C27H40CsF13O10. The van der Waals surface area contributed by atoms with Crippen LogP contribution in [0.5, 0.6) is 0 Å². The van der Waals surface area contributed by atoms with Crippen LogP contribution in [0.4, 0.5) is 57.1 Å². The summed E-state index contributed by atoms with van der Waals surface area (Å²) in [4.78, 5) is 0. The zero-order valence-electron chi connectivity index (χ0n) is 27.6. The van der Waals surface area contributed by atoms with Crippen LogP contribution in [0.15, 0.2) is 11.4 Å². The Hall–Kier alpha value is 0.352. The van der Waals surface area contributed by atoms with E-state index in [-0.39, 0.29) is 68.9 Å². The number of ether oxygens (including phenoxy) is 10. The molecule has 0 amide bonds. The smallest absolute Gasteiger partial charge is 0.377 e. The number of hydrogen-bond acceptors (Lipinski definition) is 10. The molecule has 0 saturated carbocycles. The van der Waals surface area contributed by atoms with E-state index in [0.29, 0.717) is 132 Å². The first kappa shape index (κ1) is 53.5. The summed E-state index contributed by atoms with van der Waals surface area (Å²) in [5.41, 5.74) is -4.52. The van der Waals surface area contributed by atoms with Crippen molar-refractivity contribution in [2.45, 2.75) is 24.7 Å². The average Bonchev–Trinajstić information content (AvgIpc) is 2.99. The molecule has 0 bridgehead atoms. The first-order valence-corrected chi connectivity index (χ1v) is 14.7. The maximum absolute atomic E-state index is 12.7. The van der Waals surface area contributed by atoms with Gasteiger partial charge in [0.05, 0.1) is 132 Å². The molecule has 2 aliphatic rings. The summed E-state index contributed by atoms with van der Waals surface area (Å²) >= 11 is 0. The Morgan fingerprint density at radius 1 is 0.314 bits per heavy atom. The van der Waals surface area contributed by atoms with E-state index in [2.05, 4.69) is 0 Å². The number of alkyl halides is 12. The molecule has 2 heterocycles. The van der Waals surface area contributed by atoms with Crippen LogP contribution in [0.3, 0.4) is 0 Å². The summed E-state index contributed by atoms with van der Waals surface area (Å²) in [5, 5.41) is 0. The largest absolute Gasteiger partial charge is 1.00 e. The van der Waals surface area contributed by atoms with Gasteiger partial charge in [0.15, 0.2) is 0 Å². The molecule has 0 aromatic carbocycles. The second-order valence-electron chi connectivity index (χ2n) is 9.18. The van der Waals surface area contributed by atoms with Gasteiger partial charge in [-0.15, -0.1) is 0 Å². The molecule has 2 rings (SSSR count). The third kappa shape index (κ3) is 30.3. The van der Waals surface area contributed by atoms with Crippen LogP contribution in [0.2, 0.25) is 0 Å². The van der Waals surface area contributed by atoms with Gasteiger partial charge in [-0.05, 0) is 5.83 Å². The minimum atomic E-state index is -6.80. The van der Waals surface area contributed by atoms with E-state index in [1.807, 2.05) is 0 Å². The Morgan fingerprint density at radius 2 is 0.451 bits per heavy atom. The molecule has 0 aliphatic carbocycles. The van der Waals surface area contributed by atoms with E-state index >= 15 is 0 Å². The maximum atomic E-state index is 12.7. The van der Waals surface area contributed by atoms with Gasteiger partial charge in [-0.1, -0.05) is 0 Å². The summed E-state index contributed by atoms with van der Waals surface area (Å²) in [7, 11) is 0. The standard InChI is InChI=1S/2C10H20O5.C7F13.Cs/c2*1-2-12-5-6-14-9-10-15-8-7-13-4-3-11-1;8-1(2(4(9,10)11)5(12,13)14)3(6(15,16)17)7(18,19)20;/h2*1-10H2;;/q;;-1;+1. The van der Waals surface area contributed by atoms with Crippen molar-refractivity contribution >= 4 is 0 Å². The molecule has 10 nitrogen and oxygen atoms in total. The number of halogens is 13. The summed E-state index contributed by atoms with van der Waals surface area (Å²) in [6, 6.07) is 0. The molecule has 0 radical (unpaired) electrons. The minimum Gasteiger partial charge on any atom is -0.377 e. The van der Waals surface area contributed by atoms with Crippen LogP contribution in [-0.4, -0.2) is 157 Å². The molecule has 300 valence electrons. The molecule has 2 fully saturated rings. The van der Waals surface area contributed by atoms with Gasteiger partial charge in [0.1, 0.15) is 0 Å². The maximum Gasteiger partial charge on any atom is 1.00 e. The van der Waals surface area contributed by atoms with Gasteiger partial charge >= 0.3 is 93.6 Å². The van der Waals surface area contributed by atoms with Crippen LogP contribution in [0.1, 0.15) is 0 Å². The summed E-state index contributed by atoms with van der Waals surface area (Å²) in [6.07, 6.45) is -27.2. The SMILES string of the molecule is C1COCCOCCOCCOCCO1.C1COCCOCCOCCOCCO1.FC(=C(C(F)(F)F)C(F)(F)F)[C-](C(F)(F)F)C(F)(F)F.[Cs+]. The molecule has 51 heavy (non-hydrogen) atoms. The van der Waals surface area contributed by atoms with Crippen LogP contribution in [0.25, 0.3) is 0 Å². The van der Waals surface area contributed by atoms with Crippen molar-refractivity contribution in [3.05, 3.63) is 17.3 Å². The second-order valence-corrected chi connectivity index (χ2v) is 9.18. The van der Waals surface area contributed by atoms with E-state index in [1.165, 1.54) is 0 Å². The zero-order valence-corrected chi connectivity index (χ0v) is 33.9. The van der Waals surface area contributed by atoms with Gasteiger partial charge in [0, 0.05) is 11.5 Å². The molecule has 24 heteroatoms. The normalized spacial score (nSPS) is 19.7. The number of allylic oxidation sites excluding steroid dienone is 2. The average molecular weight is 904 g/mol. The fourth-order valence-electron chi connectivity index (χ4n) is 3.14. The van der Waals surface area contributed by atoms with Crippen molar-refractivity contribution in [2.75, 3.05) is 132 Å². The van der Waals surface area contributed by atoms with E-state index < -0.39 is 42.0 Å². The molecule has 0 unspecified atom stereocenters. The molecule has 0 aromatic rings. The van der Waals surface area contributed by atoms with Crippen molar-refractivity contribution < 1.29 is 173 Å². The Kier molecular flexibility index (Phi) is 32.0. The molecule has 0 atom stereocenters. The Morgan fingerprint density at radius 3 is 0.549 bits per heavy atom. The van der Waals surface area contributed by atoms with Crippen LogP contribution in [-0.2, 0) is 47.4 Å². The molecule has 2 saturated heterocycles. The molecular weight excluding hydrogens is 864 g/mol. The van der Waals surface area contributed by atoms with Gasteiger partial charge < -0.3 is 47.4 Å². The topological polar surface area (TPSA) is 92.3 Å². The summed E-state index contributed by atoms with van der Waals surface area (Å²) in [5.74, 6) is -9.00. The monoisotopic (exact) mass is 904 g/mol. The minimum absolute atomic E-state index is 0. The van der Waals surface area contributed by atoms with Gasteiger partial charge in [0.2, 0.25) is 0 Å². The second kappa shape index (κ2) is 30.6. The van der Waals surface area contributed by atoms with Gasteiger partial charge in [-0.25, -0.2) is 4.39 Å². The predicted molar refractivity (Wildman–Crippen MR) is 144 cm³/mol. The van der Waals surface area contributed by atoms with Crippen molar-refractivity contribution in [3.63, 3.8) is 0 Å². The first-order valence-electron chi connectivity index (χ1n) is 14.7. The summed E-state index contributed by atoms with van der Waals surface area (Å²) < 4.78 is 208. The molecule has 0 N–H and O–H groups in total. The van der Waals surface area contributed by atoms with Crippen LogP contribution in [0, 0.1) is 5.92 Å². The molecule has 2 aliphatic heterocycles. The van der Waals surface area contributed by atoms with Crippen molar-refractivity contribution in [1.82, 2.24) is 0 Å². The quantitative estimate of drug-likeness (QED) is 0.289. The fraction of sp³-hybridized carbons (Fsp3) is 0.889. The Bertz CT molecular complexity index is 684. The number of rotatable bonds is 1. The van der Waals surface area contributed by atoms with E-state index in [1.54, 1.807) is 0 Å². The molecule has 0 aromatic heterocycles. The zero-order chi connectivity index (χ0) is 37.9. The van der Waals surface area contributed by atoms with Gasteiger partial charge in [-0.2, -0.15) is 52.7 Å². The number of hydrogen-bond donors (Lipinski definition) is 0. The Labute approximate surface area is 344 Å². The van der Waals surface area contributed by atoms with Gasteiger partial charge in [-0.3, -0.25) is 0 Å². The van der Waals surface area contributed by atoms with E-state index in [0.717, 1.165) is 0 Å². The fourth-order valence-corrected chi connectivity index (χ4v) is 3.14. The van der Waals surface area contributed by atoms with Crippen molar-refractivity contribution in [1.29, 1.82) is 0 Å². The predicted octanol–water partition coefficient (Wildman–Crippen LogP) is 2.20. The third-order valence-corrected chi connectivity index (χ3v) is 5.29. The first-order chi connectivity index (χ1) is 23.4. The van der Waals surface area contributed by atoms with Crippen LogP contribution >= 0.6 is 0 Å². The Balaban J connectivity index is 0. The van der Waals surface area contributed by atoms with Crippen molar-refractivity contribution in [2.24, 2.45) is 0 Å². The summed E-state index contributed by atoms with van der Waals surface area (Å²) in [6.45, 7) is 12.2. The molecule has 0 spiro atoms. The van der Waals surface area contributed by atoms with Gasteiger partial charge in [0.25, 0.3) is 0 Å². The van der Waals surface area contributed by atoms with E-state index in [9.17, 15) is 57.1 Å².